The molecule has 1 aromatic heterocycles. The fourth-order valence-corrected chi connectivity index (χ4v) is 2.00. The topological polar surface area (TPSA) is 49.8 Å². The van der Waals surface area contributed by atoms with E-state index in [1.54, 1.807) is 19.1 Å². The number of benzene rings is 1. The molecule has 2 aromatic rings. The second kappa shape index (κ2) is 6.87. The third-order valence-corrected chi connectivity index (χ3v) is 3.15. The molecule has 8 heteroatoms. The van der Waals surface area contributed by atoms with E-state index in [-0.39, 0.29) is 10.7 Å². The second-order valence-electron chi connectivity index (χ2n) is 4.67. The fraction of sp³-hybridized carbons (Fsp3) is 0.200. The number of rotatable bonds is 5. The number of nitrogens with one attached hydrogen (secondary N) is 2. The van der Waals surface area contributed by atoms with Gasteiger partial charge in [0.25, 0.3) is 0 Å². The first-order valence-electron chi connectivity index (χ1n) is 6.64. The quantitative estimate of drug-likeness (QED) is 0.766. The summed E-state index contributed by atoms with van der Waals surface area (Å²) in [6.07, 6.45) is -2.78. The number of halogens is 4. The highest BCUT2D eigenvalue weighted by molar-refractivity contribution is 6.33. The van der Waals surface area contributed by atoms with Crippen molar-refractivity contribution in [1.29, 1.82) is 0 Å². The molecule has 0 amide bonds. The standard InChI is InChI=1S/C15H14ClF3N4/c1-3-6-20-13-8-14(22-9(2)21-13)23-12-7-10(15(17,18)19)4-5-11(12)16/h3-5,7-8H,1,6H2,2H3,(H2,20,21,22,23). The zero-order valence-electron chi connectivity index (χ0n) is 12.2. The zero-order chi connectivity index (χ0) is 17.0. The lowest BCUT2D eigenvalue weighted by Crippen LogP contribution is -2.07. The molecule has 0 aliphatic rings. The van der Waals surface area contributed by atoms with Crippen molar-refractivity contribution in [3.05, 3.63) is 53.3 Å². The Kier molecular flexibility index (Phi) is 5.10. The van der Waals surface area contributed by atoms with E-state index < -0.39 is 11.7 Å². The minimum atomic E-state index is -4.45. The summed E-state index contributed by atoms with van der Waals surface area (Å²) in [4.78, 5) is 8.31. The minimum absolute atomic E-state index is 0.120. The Hall–Kier alpha value is -2.28. The Morgan fingerprint density at radius 2 is 1.91 bits per heavy atom. The lowest BCUT2D eigenvalue weighted by Gasteiger charge is -2.13. The first kappa shape index (κ1) is 17.1. The molecule has 0 spiro atoms. The van der Waals surface area contributed by atoms with Crippen LogP contribution in [0.15, 0.2) is 36.9 Å². The lowest BCUT2D eigenvalue weighted by atomic mass is 10.2. The van der Waals surface area contributed by atoms with Crippen LogP contribution in [-0.2, 0) is 6.18 Å². The van der Waals surface area contributed by atoms with Crippen molar-refractivity contribution in [3.63, 3.8) is 0 Å². The molecule has 2 N–H and O–H groups in total. The van der Waals surface area contributed by atoms with E-state index in [2.05, 4.69) is 27.2 Å². The number of aromatic nitrogens is 2. The molecule has 0 saturated heterocycles. The normalized spacial score (nSPS) is 11.2. The van der Waals surface area contributed by atoms with Gasteiger partial charge in [0.2, 0.25) is 0 Å². The van der Waals surface area contributed by atoms with Crippen molar-refractivity contribution in [2.45, 2.75) is 13.1 Å². The van der Waals surface area contributed by atoms with Crippen LogP contribution in [0.5, 0.6) is 0 Å². The third kappa shape index (κ3) is 4.59. The van der Waals surface area contributed by atoms with Crippen molar-refractivity contribution in [1.82, 2.24) is 9.97 Å². The van der Waals surface area contributed by atoms with Crippen LogP contribution in [0.1, 0.15) is 11.4 Å². The summed E-state index contributed by atoms with van der Waals surface area (Å²) < 4.78 is 38.4. The largest absolute Gasteiger partial charge is 0.416 e. The van der Waals surface area contributed by atoms with Gasteiger partial charge in [0.1, 0.15) is 17.5 Å². The molecule has 1 aromatic carbocycles. The Balaban J connectivity index is 2.31. The van der Waals surface area contributed by atoms with E-state index in [0.717, 1.165) is 12.1 Å². The van der Waals surface area contributed by atoms with Crippen molar-refractivity contribution >= 4 is 28.9 Å². The molecule has 0 radical (unpaired) electrons. The molecule has 0 saturated carbocycles. The molecule has 2 rings (SSSR count). The molecular formula is C15H14ClF3N4. The molecule has 0 aliphatic carbocycles. The molecule has 0 bridgehead atoms. The van der Waals surface area contributed by atoms with Crippen LogP contribution in [0.3, 0.4) is 0 Å². The SMILES string of the molecule is C=CCNc1cc(Nc2cc(C(F)(F)F)ccc2Cl)nc(C)n1. The first-order chi connectivity index (χ1) is 10.8. The number of aryl methyl sites for hydroxylation is 1. The molecule has 0 unspecified atom stereocenters. The smallest absolute Gasteiger partial charge is 0.366 e. The maximum absolute atomic E-state index is 12.8. The van der Waals surface area contributed by atoms with Gasteiger partial charge in [-0.05, 0) is 25.1 Å². The van der Waals surface area contributed by atoms with Crippen molar-refractivity contribution in [2.75, 3.05) is 17.2 Å². The van der Waals surface area contributed by atoms with E-state index in [9.17, 15) is 13.2 Å². The third-order valence-electron chi connectivity index (χ3n) is 2.82. The second-order valence-corrected chi connectivity index (χ2v) is 5.08. The summed E-state index contributed by atoms with van der Waals surface area (Å²) in [7, 11) is 0. The summed E-state index contributed by atoms with van der Waals surface area (Å²) in [6.45, 7) is 5.77. The van der Waals surface area contributed by atoms with Gasteiger partial charge in [0.15, 0.2) is 0 Å². The predicted molar refractivity (Wildman–Crippen MR) is 85.2 cm³/mol. The van der Waals surface area contributed by atoms with E-state index in [0.29, 0.717) is 24.0 Å². The Morgan fingerprint density at radius 3 is 2.57 bits per heavy atom. The van der Waals surface area contributed by atoms with Crippen LogP contribution >= 0.6 is 11.6 Å². The number of hydrogen-bond acceptors (Lipinski definition) is 4. The van der Waals surface area contributed by atoms with E-state index in [1.165, 1.54) is 6.07 Å². The van der Waals surface area contributed by atoms with Gasteiger partial charge in [-0.1, -0.05) is 17.7 Å². The summed E-state index contributed by atoms with van der Waals surface area (Å²) in [5.74, 6) is 1.33. The maximum Gasteiger partial charge on any atom is 0.416 e. The van der Waals surface area contributed by atoms with Gasteiger partial charge in [0.05, 0.1) is 16.3 Å². The first-order valence-corrected chi connectivity index (χ1v) is 7.01. The van der Waals surface area contributed by atoms with Crippen molar-refractivity contribution < 1.29 is 13.2 Å². The van der Waals surface area contributed by atoms with Crippen LogP contribution in [0.4, 0.5) is 30.5 Å². The van der Waals surface area contributed by atoms with Gasteiger partial charge in [-0.3, -0.25) is 0 Å². The number of anilines is 3. The monoisotopic (exact) mass is 342 g/mol. The van der Waals surface area contributed by atoms with Gasteiger partial charge < -0.3 is 10.6 Å². The van der Waals surface area contributed by atoms with Gasteiger partial charge in [-0.2, -0.15) is 13.2 Å². The average Bonchev–Trinajstić information content (AvgIpc) is 2.45. The molecule has 0 atom stereocenters. The lowest BCUT2D eigenvalue weighted by molar-refractivity contribution is -0.137. The predicted octanol–water partition coefficient (Wildman–Crippen LogP) is 4.80. The van der Waals surface area contributed by atoms with Crippen LogP contribution in [0.25, 0.3) is 0 Å². The summed E-state index contributed by atoms with van der Waals surface area (Å²) >= 11 is 5.96. The van der Waals surface area contributed by atoms with Crippen LogP contribution in [-0.4, -0.2) is 16.5 Å². The van der Waals surface area contributed by atoms with Crippen molar-refractivity contribution in [2.24, 2.45) is 0 Å². The molecule has 0 aliphatic heterocycles. The molecule has 23 heavy (non-hydrogen) atoms. The number of nitrogens with zero attached hydrogens (tertiary/aromatic N) is 2. The van der Waals surface area contributed by atoms with Gasteiger partial charge in [-0.25, -0.2) is 9.97 Å². The van der Waals surface area contributed by atoms with Crippen LogP contribution in [0, 0.1) is 6.92 Å². The molecule has 0 fully saturated rings. The van der Waals surface area contributed by atoms with E-state index in [1.807, 2.05) is 0 Å². The average molecular weight is 343 g/mol. The Morgan fingerprint density at radius 1 is 1.22 bits per heavy atom. The molecular weight excluding hydrogens is 329 g/mol. The van der Waals surface area contributed by atoms with E-state index >= 15 is 0 Å². The van der Waals surface area contributed by atoms with Gasteiger partial charge in [0, 0.05) is 12.6 Å². The summed E-state index contributed by atoms with van der Waals surface area (Å²) in [5, 5.41) is 5.94. The highest BCUT2D eigenvalue weighted by Crippen LogP contribution is 2.34. The Bertz CT molecular complexity index is 716. The highest BCUT2D eigenvalue weighted by atomic mass is 35.5. The molecule has 122 valence electrons. The zero-order valence-corrected chi connectivity index (χ0v) is 13.0. The van der Waals surface area contributed by atoms with Crippen LogP contribution in [0.2, 0.25) is 5.02 Å². The van der Waals surface area contributed by atoms with Gasteiger partial charge in [-0.15, -0.1) is 6.58 Å². The Labute approximate surface area is 136 Å². The minimum Gasteiger partial charge on any atom is -0.366 e. The van der Waals surface area contributed by atoms with E-state index in [4.69, 9.17) is 11.6 Å². The summed E-state index contributed by atoms with van der Waals surface area (Å²) in [5.41, 5.74) is -0.672. The van der Waals surface area contributed by atoms with Gasteiger partial charge >= 0.3 is 6.18 Å². The van der Waals surface area contributed by atoms with Crippen LogP contribution < -0.4 is 10.6 Å². The fourth-order valence-electron chi connectivity index (χ4n) is 1.83. The molecule has 4 nitrogen and oxygen atoms in total. The maximum atomic E-state index is 12.8. The number of hydrogen-bond donors (Lipinski definition) is 2. The number of alkyl halides is 3. The summed E-state index contributed by atoms with van der Waals surface area (Å²) in [6, 6.07) is 4.64. The van der Waals surface area contributed by atoms with Crippen molar-refractivity contribution in [3.8, 4) is 0 Å². The molecule has 1 heterocycles. The highest BCUT2D eigenvalue weighted by Gasteiger charge is 2.31.